The lowest BCUT2D eigenvalue weighted by molar-refractivity contribution is 0.264. The van der Waals surface area contributed by atoms with E-state index in [-0.39, 0.29) is 0 Å². The van der Waals surface area contributed by atoms with Crippen LogP contribution >= 0.6 is 15.9 Å². The quantitative estimate of drug-likeness (QED) is 0.890. The number of pyridine rings is 1. The molecule has 96 valence electrons. The van der Waals surface area contributed by atoms with Crippen LogP contribution in [0.3, 0.4) is 0 Å². The molecule has 0 bridgehead atoms. The number of nitrogens with one attached hydrogen (secondary N) is 1. The van der Waals surface area contributed by atoms with Gasteiger partial charge in [-0.3, -0.25) is 4.98 Å². The number of aromatic nitrogens is 1. The van der Waals surface area contributed by atoms with E-state index in [2.05, 4.69) is 33.2 Å². The van der Waals surface area contributed by atoms with Gasteiger partial charge in [-0.1, -0.05) is 6.92 Å². The van der Waals surface area contributed by atoms with Crippen LogP contribution in [0.25, 0.3) is 0 Å². The Labute approximate surface area is 114 Å². The minimum absolute atomic E-state index is 0.407. The van der Waals surface area contributed by atoms with Gasteiger partial charge < -0.3 is 14.5 Å². The van der Waals surface area contributed by atoms with E-state index in [0.717, 1.165) is 29.1 Å². The summed E-state index contributed by atoms with van der Waals surface area (Å²) in [5.74, 6) is 2.44. The topological polar surface area (TPSA) is 47.3 Å². The van der Waals surface area contributed by atoms with Crippen molar-refractivity contribution >= 4 is 15.9 Å². The summed E-state index contributed by atoms with van der Waals surface area (Å²) < 4.78 is 12.1. The summed E-state index contributed by atoms with van der Waals surface area (Å²) in [6, 6.07) is 5.76. The fourth-order valence-corrected chi connectivity index (χ4v) is 1.81. The average molecular weight is 311 g/mol. The Morgan fingerprint density at radius 1 is 1.33 bits per heavy atom. The molecular weight excluding hydrogens is 296 g/mol. The van der Waals surface area contributed by atoms with Gasteiger partial charge in [0.1, 0.15) is 23.9 Å². The van der Waals surface area contributed by atoms with Crippen molar-refractivity contribution < 1.29 is 9.15 Å². The number of nitrogens with zero attached hydrogens (tertiary/aromatic N) is 1. The molecule has 0 spiro atoms. The van der Waals surface area contributed by atoms with Crippen LogP contribution in [0.5, 0.6) is 5.75 Å². The molecule has 0 saturated heterocycles. The molecule has 0 saturated carbocycles. The molecule has 5 heteroatoms. The van der Waals surface area contributed by atoms with E-state index in [1.54, 1.807) is 12.4 Å². The number of furan rings is 1. The third-order valence-corrected chi connectivity index (χ3v) is 2.76. The molecule has 1 N–H and O–H groups in total. The maximum absolute atomic E-state index is 5.62. The van der Waals surface area contributed by atoms with Crippen LogP contribution in [-0.2, 0) is 13.2 Å². The zero-order valence-electron chi connectivity index (χ0n) is 10.1. The maximum Gasteiger partial charge on any atom is 0.146 e. The lowest BCUT2D eigenvalue weighted by Crippen LogP contribution is -2.10. The minimum Gasteiger partial charge on any atom is -0.484 e. The standard InChI is InChI=1S/C13H15BrN2O2/c1-2-15-7-11-3-4-12(18-11)9-17-13-5-10(14)6-16-8-13/h3-6,8,15H,2,7,9H2,1H3. The van der Waals surface area contributed by atoms with Gasteiger partial charge in [0.25, 0.3) is 0 Å². The van der Waals surface area contributed by atoms with E-state index in [9.17, 15) is 0 Å². The highest BCUT2D eigenvalue weighted by Crippen LogP contribution is 2.17. The van der Waals surface area contributed by atoms with Gasteiger partial charge in [-0.25, -0.2) is 0 Å². The van der Waals surface area contributed by atoms with Gasteiger partial charge in [0.15, 0.2) is 0 Å². The van der Waals surface area contributed by atoms with Crippen LogP contribution in [0.2, 0.25) is 0 Å². The summed E-state index contributed by atoms with van der Waals surface area (Å²) in [7, 11) is 0. The van der Waals surface area contributed by atoms with Crippen molar-refractivity contribution in [3.63, 3.8) is 0 Å². The lowest BCUT2D eigenvalue weighted by atomic mass is 10.4. The van der Waals surface area contributed by atoms with Gasteiger partial charge >= 0.3 is 0 Å². The average Bonchev–Trinajstić information content (AvgIpc) is 2.82. The molecule has 0 atom stereocenters. The summed E-state index contributed by atoms with van der Waals surface area (Å²) in [6.45, 7) is 4.14. The molecule has 0 unspecified atom stereocenters. The Kier molecular flexibility index (Phi) is 4.78. The third kappa shape index (κ3) is 3.85. The van der Waals surface area contributed by atoms with Gasteiger partial charge in [-0.2, -0.15) is 0 Å². The summed E-state index contributed by atoms with van der Waals surface area (Å²) in [5, 5.41) is 3.21. The van der Waals surface area contributed by atoms with Crippen LogP contribution in [0.4, 0.5) is 0 Å². The van der Waals surface area contributed by atoms with Crippen LogP contribution in [-0.4, -0.2) is 11.5 Å². The van der Waals surface area contributed by atoms with Gasteiger partial charge in [0.2, 0.25) is 0 Å². The molecule has 2 aromatic rings. The van der Waals surface area contributed by atoms with Gasteiger partial charge in [0.05, 0.1) is 12.7 Å². The molecule has 0 aromatic carbocycles. The first kappa shape index (κ1) is 13.1. The highest BCUT2D eigenvalue weighted by Gasteiger charge is 2.03. The first-order chi connectivity index (χ1) is 8.78. The van der Waals surface area contributed by atoms with Crippen molar-refractivity contribution in [1.82, 2.24) is 10.3 Å². The first-order valence-corrected chi connectivity index (χ1v) is 6.59. The second kappa shape index (κ2) is 6.56. The van der Waals surface area contributed by atoms with Gasteiger partial charge in [-0.15, -0.1) is 0 Å². The largest absolute Gasteiger partial charge is 0.484 e. The summed E-state index contributed by atoms with van der Waals surface area (Å²) in [4.78, 5) is 4.03. The first-order valence-electron chi connectivity index (χ1n) is 5.79. The molecule has 0 radical (unpaired) electrons. The summed E-state index contributed by atoms with van der Waals surface area (Å²) in [6.07, 6.45) is 3.39. The van der Waals surface area contributed by atoms with Crippen molar-refractivity contribution in [2.24, 2.45) is 0 Å². The molecule has 2 aromatic heterocycles. The minimum atomic E-state index is 0.407. The second-order valence-electron chi connectivity index (χ2n) is 3.78. The van der Waals surface area contributed by atoms with E-state index >= 15 is 0 Å². The zero-order chi connectivity index (χ0) is 12.8. The Balaban J connectivity index is 1.88. The number of halogens is 1. The smallest absolute Gasteiger partial charge is 0.146 e. The van der Waals surface area contributed by atoms with E-state index in [1.807, 2.05) is 18.2 Å². The molecule has 4 nitrogen and oxygen atoms in total. The monoisotopic (exact) mass is 310 g/mol. The molecule has 2 heterocycles. The Hall–Kier alpha value is -1.33. The third-order valence-electron chi connectivity index (χ3n) is 2.33. The fourth-order valence-electron chi connectivity index (χ4n) is 1.47. The lowest BCUT2D eigenvalue weighted by Gasteiger charge is -2.03. The van der Waals surface area contributed by atoms with Crippen molar-refractivity contribution in [3.05, 3.63) is 46.6 Å². The highest BCUT2D eigenvalue weighted by molar-refractivity contribution is 9.10. The normalized spacial score (nSPS) is 10.6. The molecule has 0 amide bonds. The second-order valence-corrected chi connectivity index (χ2v) is 4.69. The van der Waals surface area contributed by atoms with Crippen LogP contribution in [0.15, 0.2) is 39.5 Å². The van der Waals surface area contributed by atoms with Crippen LogP contribution < -0.4 is 10.1 Å². The highest BCUT2D eigenvalue weighted by atomic mass is 79.9. The number of hydrogen-bond acceptors (Lipinski definition) is 4. The van der Waals surface area contributed by atoms with Crippen molar-refractivity contribution in [3.8, 4) is 5.75 Å². The van der Waals surface area contributed by atoms with Crippen molar-refractivity contribution in [2.75, 3.05) is 6.54 Å². The number of ether oxygens (including phenoxy) is 1. The maximum atomic E-state index is 5.62. The molecule has 0 aliphatic heterocycles. The Morgan fingerprint density at radius 3 is 2.94 bits per heavy atom. The Morgan fingerprint density at radius 2 is 2.17 bits per heavy atom. The number of rotatable bonds is 6. The van der Waals surface area contributed by atoms with E-state index < -0.39 is 0 Å². The van der Waals surface area contributed by atoms with Crippen molar-refractivity contribution in [1.29, 1.82) is 0 Å². The van der Waals surface area contributed by atoms with Crippen LogP contribution in [0, 0.1) is 0 Å². The van der Waals surface area contributed by atoms with E-state index in [4.69, 9.17) is 9.15 Å². The molecular formula is C13H15BrN2O2. The molecule has 0 aliphatic carbocycles. The van der Waals surface area contributed by atoms with Crippen molar-refractivity contribution in [2.45, 2.75) is 20.1 Å². The summed E-state index contributed by atoms with van der Waals surface area (Å²) in [5.41, 5.74) is 0. The molecule has 0 fully saturated rings. The summed E-state index contributed by atoms with van der Waals surface area (Å²) >= 11 is 3.35. The molecule has 0 aliphatic rings. The SMILES string of the molecule is CCNCc1ccc(COc2cncc(Br)c2)o1. The Bertz CT molecular complexity index is 499. The fraction of sp³-hybridized carbons (Fsp3) is 0.308. The van der Waals surface area contributed by atoms with Gasteiger partial charge in [-0.05, 0) is 40.7 Å². The van der Waals surface area contributed by atoms with E-state index in [1.165, 1.54) is 0 Å². The molecule has 2 rings (SSSR count). The zero-order valence-corrected chi connectivity index (χ0v) is 11.7. The molecule has 18 heavy (non-hydrogen) atoms. The predicted molar refractivity (Wildman–Crippen MR) is 72.4 cm³/mol. The van der Waals surface area contributed by atoms with Crippen LogP contribution in [0.1, 0.15) is 18.4 Å². The predicted octanol–water partition coefficient (Wildman–Crippen LogP) is 3.13. The number of hydrogen-bond donors (Lipinski definition) is 1. The van der Waals surface area contributed by atoms with Gasteiger partial charge in [0, 0.05) is 10.7 Å². The van der Waals surface area contributed by atoms with E-state index in [0.29, 0.717) is 12.4 Å².